The molecule has 2 saturated heterocycles. The van der Waals surface area contributed by atoms with Crippen molar-refractivity contribution in [3.63, 3.8) is 0 Å². The van der Waals surface area contributed by atoms with Crippen LogP contribution in [-0.4, -0.2) is 66.3 Å². The molecule has 0 saturated carbocycles. The average molecular weight is 213 g/mol. The van der Waals surface area contributed by atoms with Crippen LogP contribution in [0.3, 0.4) is 0 Å². The van der Waals surface area contributed by atoms with Crippen molar-refractivity contribution < 1.29 is 9.90 Å². The summed E-state index contributed by atoms with van der Waals surface area (Å²) in [6.07, 6.45) is 2.61. The van der Waals surface area contributed by atoms with Crippen LogP contribution in [-0.2, 0) is 4.79 Å². The third kappa shape index (κ3) is 2.68. The van der Waals surface area contributed by atoms with Gasteiger partial charge in [0.1, 0.15) is 0 Å². The molecule has 0 radical (unpaired) electrons. The van der Waals surface area contributed by atoms with Gasteiger partial charge >= 0.3 is 5.97 Å². The van der Waals surface area contributed by atoms with Gasteiger partial charge in [-0.1, -0.05) is 0 Å². The topological polar surface area (TPSA) is 55.8 Å². The molecule has 15 heavy (non-hydrogen) atoms. The Labute approximate surface area is 90.0 Å². The van der Waals surface area contributed by atoms with Crippen LogP contribution >= 0.6 is 0 Å². The lowest BCUT2D eigenvalue weighted by molar-refractivity contribution is -0.139. The molecule has 1 unspecified atom stereocenters. The predicted octanol–water partition coefficient (Wildman–Crippen LogP) is -0.602. The fourth-order valence-electron chi connectivity index (χ4n) is 2.56. The molecule has 2 N–H and O–H groups in total. The fourth-order valence-corrected chi connectivity index (χ4v) is 2.56. The van der Waals surface area contributed by atoms with Gasteiger partial charge < -0.3 is 10.4 Å². The number of rotatable bonds is 3. The third-order valence-corrected chi connectivity index (χ3v) is 3.24. The van der Waals surface area contributed by atoms with Crippen LogP contribution in [0, 0.1) is 0 Å². The molecule has 2 heterocycles. The van der Waals surface area contributed by atoms with E-state index in [1.165, 1.54) is 0 Å². The van der Waals surface area contributed by atoms with E-state index < -0.39 is 5.97 Å². The highest BCUT2D eigenvalue weighted by atomic mass is 16.4. The van der Waals surface area contributed by atoms with E-state index in [1.807, 2.05) is 0 Å². The Morgan fingerprint density at radius 3 is 2.73 bits per heavy atom. The minimum absolute atomic E-state index is 0.189. The fraction of sp³-hybridized carbons (Fsp3) is 0.900. The average Bonchev–Trinajstić information content (AvgIpc) is 2.66. The maximum atomic E-state index is 10.7. The van der Waals surface area contributed by atoms with Gasteiger partial charge in [-0.3, -0.25) is 14.6 Å². The lowest BCUT2D eigenvalue weighted by Crippen LogP contribution is -2.53. The van der Waals surface area contributed by atoms with Gasteiger partial charge in [-0.05, 0) is 12.8 Å². The van der Waals surface area contributed by atoms with E-state index in [-0.39, 0.29) is 6.54 Å². The number of carboxylic acids is 1. The second-order valence-electron chi connectivity index (χ2n) is 4.27. The Hall–Kier alpha value is -0.650. The van der Waals surface area contributed by atoms with E-state index >= 15 is 0 Å². The number of likely N-dealkylation sites (tertiary alicyclic amines) is 1. The molecular weight excluding hydrogens is 194 g/mol. The number of carboxylic acid groups (broad SMARTS) is 1. The molecule has 0 aromatic heterocycles. The molecule has 86 valence electrons. The Kier molecular flexibility index (Phi) is 3.56. The van der Waals surface area contributed by atoms with Gasteiger partial charge in [0.15, 0.2) is 0 Å². The lowest BCUT2D eigenvalue weighted by atomic mass is 10.2. The van der Waals surface area contributed by atoms with Crippen molar-refractivity contribution in [2.75, 3.05) is 39.3 Å². The Balaban J connectivity index is 1.91. The van der Waals surface area contributed by atoms with Crippen LogP contribution in [0.4, 0.5) is 0 Å². The largest absolute Gasteiger partial charge is 0.480 e. The van der Waals surface area contributed by atoms with E-state index in [1.54, 1.807) is 0 Å². The zero-order valence-corrected chi connectivity index (χ0v) is 8.98. The summed E-state index contributed by atoms with van der Waals surface area (Å²) < 4.78 is 0. The van der Waals surface area contributed by atoms with Crippen LogP contribution in [0.1, 0.15) is 12.8 Å². The number of piperazine rings is 1. The Morgan fingerprint density at radius 2 is 2.07 bits per heavy atom. The number of hydrogen-bond acceptors (Lipinski definition) is 4. The standard InChI is InChI=1S/C10H19N3O2/c14-10(15)8-13-5-1-2-9(13)12-6-3-11-4-7-12/h9,11H,1-8H2,(H,14,15). The van der Waals surface area contributed by atoms with Gasteiger partial charge in [0, 0.05) is 32.7 Å². The minimum Gasteiger partial charge on any atom is -0.480 e. The zero-order chi connectivity index (χ0) is 10.7. The summed E-state index contributed by atoms with van der Waals surface area (Å²) >= 11 is 0. The van der Waals surface area contributed by atoms with Crippen molar-refractivity contribution in [1.29, 1.82) is 0 Å². The minimum atomic E-state index is -0.711. The molecule has 2 aliphatic heterocycles. The first-order valence-electron chi connectivity index (χ1n) is 5.68. The number of hydrogen-bond donors (Lipinski definition) is 2. The van der Waals surface area contributed by atoms with Crippen molar-refractivity contribution in [3.05, 3.63) is 0 Å². The molecule has 5 nitrogen and oxygen atoms in total. The van der Waals surface area contributed by atoms with Crippen molar-refractivity contribution in [2.45, 2.75) is 19.0 Å². The summed E-state index contributed by atoms with van der Waals surface area (Å²) in [7, 11) is 0. The Bertz CT molecular complexity index is 229. The number of carbonyl (C=O) groups is 1. The molecule has 2 aliphatic rings. The summed E-state index contributed by atoms with van der Waals surface area (Å²) in [5.41, 5.74) is 0. The Morgan fingerprint density at radius 1 is 1.33 bits per heavy atom. The number of nitrogens with zero attached hydrogens (tertiary/aromatic N) is 2. The van der Waals surface area contributed by atoms with Crippen LogP contribution in [0.2, 0.25) is 0 Å². The summed E-state index contributed by atoms with van der Waals surface area (Å²) in [6, 6.07) is 0. The first kappa shape index (κ1) is 10.9. The molecule has 0 spiro atoms. The van der Waals surface area contributed by atoms with Gasteiger partial charge in [0.05, 0.1) is 12.7 Å². The molecule has 2 fully saturated rings. The molecule has 0 amide bonds. The molecule has 5 heteroatoms. The maximum absolute atomic E-state index is 10.7. The smallest absolute Gasteiger partial charge is 0.317 e. The highest BCUT2D eigenvalue weighted by Crippen LogP contribution is 2.20. The molecule has 0 aromatic rings. The summed E-state index contributed by atoms with van der Waals surface area (Å²) in [4.78, 5) is 15.2. The molecule has 0 aromatic carbocycles. The van der Waals surface area contributed by atoms with E-state index in [0.29, 0.717) is 6.17 Å². The normalized spacial score (nSPS) is 29.5. The molecule has 2 rings (SSSR count). The molecule has 0 aliphatic carbocycles. The van der Waals surface area contributed by atoms with Crippen LogP contribution in [0.15, 0.2) is 0 Å². The van der Waals surface area contributed by atoms with Gasteiger partial charge in [-0.15, -0.1) is 0 Å². The van der Waals surface area contributed by atoms with Gasteiger partial charge in [-0.2, -0.15) is 0 Å². The van der Waals surface area contributed by atoms with Crippen LogP contribution < -0.4 is 5.32 Å². The first-order chi connectivity index (χ1) is 7.27. The lowest BCUT2D eigenvalue weighted by Gasteiger charge is -2.37. The van der Waals surface area contributed by atoms with Crippen LogP contribution in [0.25, 0.3) is 0 Å². The summed E-state index contributed by atoms with van der Waals surface area (Å²) in [5.74, 6) is -0.711. The number of nitrogens with one attached hydrogen (secondary N) is 1. The maximum Gasteiger partial charge on any atom is 0.317 e. The van der Waals surface area contributed by atoms with Crippen molar-refractivity contribution in [2.24, 2.45) is 0 Å². The second-order valence-corrected chi connectivity index (χ2v) is 4.27. The van der Waals surface area contributed by atoms with E-state index in [4.69, 9.17) is 5.11 Å². The van der Waals surface area contributed by atoms with Crippen molar-refractivity contribution >= 4 is 5.97 Å². The first-order valence-corrected chi connectivity index (χ1v) is 5.68. The summed E-state index contributed by atoms with van der Waals surface area (Å²) in [5, 5.41) is 12.1. The third-order valence-electron chi connectivity index (χ3n) is 3.24. The zero-order valence-electron chi connectivity index (χ0n) is 8.98. The highest BCUT2D eigenvalue weighted by Gasteiger charge is 2.31. The summed E-state index contributed by atoms with van der Waals surface area (Å²) in [6.45, 7) is 5.26. The molecular formula is C10H19N3O2. The quantitative estimate of drug-likeness (QED) is 0.655. The van der Waals surface area contributed by atoms with E-state index in [0.717, 1.165) is 45.6 Å². The van der Waals surface area contributed by atoms with Crippen molar-refractivity contribution in [1.82, 2.24) is 15.1 Å². The van der Waals surface area contributed by atoms with E-state index in [2.05, 4.69) is 15.1 Å². The van der Waals surface area contributed by atoms with Crippen LogP contribution in [0.5, 0.6) is 0 Å². The monoisotopic (exact) mass is 213 g/mol. The SMILES string of the molecule is O=C(O)CN1CCCC1N1CCNCC1. The molecule has 0 bridgehead atoms. The van der Waals surface area contributed by atoms with Gasteiger partial charge in [-0.25, -0.2) is 0 Å². The highest BCUT2D eigenvalue weighted by molar-refractivity contribution is 5.69. The number of aliphatic carboxylic acids is 1. The van der Waals surface area contributed by atoms with Gasteiger partial charge in [0.25, 0.3) is 0 Å². The second kappa shape index (κ2) is 4.92. The van der Waals surface area contributed by atoms with E-state index in [9.17, 15) is 4.79 Å². The molecule has 1 atom stereocenters. The predicted molar refractivity (Wildman–Crippen MR) is 56.7 cm³/mol. The van der Waals surface area contributed by atoms with Gasteiger partial charge in [0.2, 0.25) is 0 Å². The van der Waals surface area contributed by atoms with Crippen molar-refractivity contribution in [3.8, 4) is 0 Å².